The van der Waals surface area contributed by atoms with Gasteiger partial charge in [0.25, 0.3) is 0 Å². The van der Waals surface area contributed by atoms with Crippen molar-refractivity contribution in [3.8, 4) is 5.75 Å². The molecule has 1 aromatic heterocycles. The van der Waals surface area contributed by atoms with Gasteiger partial charge in [-0.2, -0.15) is 0 Å². The van der Waals surface area contributed by atoms with Crippen molar-refractivity contribution >= 4 is 22.5 Å². The molecule has 0 amide bonds. The van der Waals surface area contributed by atoms with Gasteiger partial charge in [-0.05, 0) is 30.5 Å². The predicted octanol–water partition coefficient (Wildman–Crippen LogP) is 5.18. The van der Waals surface area contributed by atoms with Crippen molar-refractivity contribution in [1.82, 2.24) is 4.57 Å². The molecule has 2 aromatic rings. The number of nitrogens with zero attached hydrogens (tertiary/aromatic N) is 1. The molecule has 20 heavy (non-hydrogen) atoms. The maximum atomic E-state index is 6.23. The number of hydrogen-bond donors (Lipinski definition) is 0. The highest BCUT2D eigenvalue weighted by Crippen LogP contribution is 2.32. The van der Waals surface area contributed by atoms with Crippen molar-refractivity contribution in [3.63, 3.8) is 0 Å². The number of fused-ring (bicyclic) bond motifs is 1. The summed E-state index contributed by atoms with van der Waals surface area (Å²) in [6.45, 7) is 0.812. The van der Waals surface area contributed by atoms with Crippen LogP contribution in [0.5, 0.6) is 5.75 Å². The second kappa shape index (κ2) is 6.09. The Balaban J connectivity index is 1.68. The van der Waals surface area contributed by atoms with Gasteiger partial charge in [-0.25, -0.2) is 0 Å². The molecule has 108 valence electrons. The van der Waals surface area contributed by atoms with Crippen LogP contribution in [0.4, 0.5) is 0 Å². The first-order chi connectivity index (χ1) is 9.75. The van der Waals surface area contributed by atoms with E-state index < -0.39 is 0 Å². The van der Waals surface area contributed by atoms with Gasteiger partial charge in [0.2, 0.25) is 0 Å². The first-order valence-electron chi connectivity index (χ1n) is 7.62. The van der Waals surface area contributed by atoms with Crippen molar-refractivity contribution < 1.29 is 4.74 Å². The fourth-order valence-corrected chi connectivity index (χ4v) is 3.49. The second-order valence-corrected chi connectivity index (χ2v) is 6.28. The number of ether oxygens (including phenoxy) is 1. The Kier molecular flexibility index (Phi) is 4.21. The normalized spacial score (nSPS) is 16.7. The van der Waals surface area contributed by atoms with Crippen LogP contribution in [0, 0.1) is 5.92 Å². The van der Waals surface area contributed by atoms with Gasteiger partial charge in [-0.15, -0.1) is 0 Å². The number of halogens is 1. The van der Waals surface area contributed by atoms with E-state index in [9.17, 15) is 0 Å². The SMILES string of the molecule is Cn1ccc2c(Cl)ccc(OCCC3CCCCC3)c21. The van der Waals surface area contributed by atoms with Gasteiger partial charge in [-0.1, -0.05) is 43.7 Å². The van der Waals surface area contributed by atoms with Crippen LogP contribution >= 0.6 is 11.6 Å². The second-order valence-electron chi connectivity index (χ2n) is 5.88. The molecule has 2 nitrogen and oxygen atoms in total. The van der Waals surface area contributed by atoms with Crippen LogP contribution in [0.2, 0.25) is 5.02 Å². The fraction of sp³-hybridized carbons (Fsp3) is 0.529. The van der Waals surface area contributed by atoms with E-state index >= 15 is 0 Å². The van der Waals surface area contributed by atoms with Crippen LogP contribution in [-0.2, 0) is 7.05 Å². The molecule has 0 atom stereocenters. The molecule has 1 aliphatic carbocycles. The molecule has 0 spiro atoms. The van der Waals surface area contributed by atoms with E-state index in [-0.39, 0.29) is 0 Å². The zero-order chi connectivity index (χ0) is 13.9. The van der Waals surface area contributed by atoms with Gasteiger partial charge < -0.3 is 9.30 Å². The first kappa shape index (κ1) is 13.8. The summed E-state index contributed by atoms with van der Waals surface area (Å²) in [5.41, 5.74) is 1.10. The summed E-state index contributed by atoms with van der Waals surface area (Å²) in [6, 6.07) is 5.97. The summed E-state index contributed by atoms with van der Waals surface area (Å²) < 4.78 is 8.12. The van der Waals surface area contributed by atoms with Crippen molar-refractivity contribution in [2.75, 3.05) is 6.61 Å². The Labute approximate surface area is 125 Å². The molecule has 0 radical (unpaired) electrons. The molecule has 3 rings (SSSR count). The molecular weight excluding hydrogens is 270 g/mol. The summed E-state index contributed by atoms with van der Waals surface area (Å²) in [6.07, 6.45) is 10.2. The highest BCUT2D eigenvalue weighted by molar-refractivity contribution is 6.35. The molecule has 3 heteroatoms. The largest absolute Gasteiger partial charge is 0.491 e. The van der Waals surface area contributed by atoms with E-state index in [4.69, 9.17) is 16.3 Å². The third-order valence-electron chi connectivity index (χ3n) is 4.45. The topological polar surface area (TPSA) is 14.2 Å². The lowest BCUT2D eigenvalue weighted by Gasteiger charge is -2.21. The van der Waals surface area contributed by atoms with E-state index in [1.54, 1.807) is 0 Å². The molecule has 0 N–H and O–H groups in total. The van der Waals surface area contributed by atoms with E-state index in [0.717, 1.165) is 34.2 Å². The number of rotatable bonds is 4. The van der Waals surface area contributed by atoms with Crippen LogP contribution < -0.4 is 4.74 Å². The highest BCUT2D eigenvalue weighted by atomic mass is 35.5. The summed E-state index contributed by atoms with van der Waals surface area (Å²) in [5.74, 6) is 1.81. The molecule has 0 aliphatic heterocycles. The molecule has 1 aromatic carbocycles. The zero-order valence-electron chi connectivity index (χ0n) is 12.1. The Bertz CT molecular complexity index is 584. The Morgan fingerprint density at radius 2 is 2.00 bits per heavy atom. The average molecular weight is 292 g/mol. The number of benzene rings is 1. The lowest BCUT2D eigenvalue weighted by molar-refractivity contribution is 0.247. The van der Waals surface area contributed by atoms with Gasteiger partial charge >= 0.3 is 0 Å². The van der Waals surface area contributed by atoms with Crippen LogP contribution in [-0.4, -0.2) is 11.2 Å². The van der Waals surface area contributed by atoms with E-state index in [2.05, 4.69) is 4.57 Å². The van der Waals surface area contributed by atoms with Gasteiger partial charge in [0, 0.05) is 18.6 Å². The number of aromatic nitrogens is 1. The van der Waals surface area contributed by atoms with E-state index in [1.165, 1.54) is 38.5 Å². The fourth-order valence-electron chi connectivity index (χ4n) is 3.27. The smallest absolute Gasteiger partial charge is 0.143 e. The van der Waals surface area contributed by atoms with Crippen molar-refractivity contribution in [2.24, 2.45) is 13.0 Å². The van der Waals surface area contributed by atoms with E-state index in [0.29, 0.717) is 0 Å². The number of aryl methyl sites for hydroxylation is 1. The minimum Gasteiger partial charge on any atom is -0.491 e. The minimum atomic E-state index is 0.792. The lowest BCUT2D eigenvalue weighted by atomic mass is 9.87. The molecule has 1 aliphatic rings. The lowest BCUT2D eigenvalue weighted by Crippen LogP contribution is -2.11. The van der Waals surface area contributed by atoms with Crippen LogP contribution in [0.3, 0.4) is 0 Å². The molecule has 1 heterocycles. The third kappa shape index (κ3) is 2.80. The predicted molar refractivity (Wildman–Crippen MR) is 84.6 cm³/mol. The van der Waals surface area contributed by atoms with Gasteiger partial charge in [0.1, 0.15) is 5.75 Å². The Hall–Kier alpha value is -1.15. The summed E-state index contributed by atoms with van der Waals surface area (Å²) >= 11 is 6.23. The Morgan fingerprint density at radius 3 is 2.80 bits per heavy atom. The van der Waals surface area contributed by atoms with Crippen LogP contribution in [0.1, 0.15) is 38.5 Å². The van der Waals surface area contributed by atoms with Gasteiger partial charge in [-0.3, -0.25) is 0 Å². The van der Waals surface area contributed by atoms with E-state index in [1.807, 2.05) is 31.4 Å². The quantitative estimate of drug-likeness (QED) is 0.757. The number of hydrogen-bond acceptors (Lipinski definition) is 1. The Morgan fingerprint density at radius 1 is 1.20 bits per heavy atom. The summed E-state index contributed by atoms with van der Waals surface area (Å²) in [5, 5.41) is 1.87. The highest BCUT2D eigenvalue weighted by Gasteiger charge is 2.14. The van der Waals surface area contributed by atoms with Crippen LogP contribution in [0.15, 0.2) is 24.4 Å². The monoisotopic (exact) mass is 291 g/mol. The minimum absolute atomic E-state index is 0.792. The average Bonchev–Trinajstić information content (AvgIpc) is 2.86. The van der Waals surface area contributed by atoms with Gasteiger partial charge in [0.05, 0.1) is 17.1 Å². The summed E-state index contributed by atoms with van der Waals surface area (Å²) in [4.78, 5) is 0. The maximum Gasteiger partial charge on any atom is 0.143 e. The molecule has 0 unspecified atom stereocenters. The first-order valence-corrected chi connectivity index (χ1v) is 8.00. The standard InChI is InChI=1S/C17H22ClNO/c1-19-11-9-14-15(18)7-8-16(17(14)19)20-12-10-13-5-3-2-4-6-13/h7-9,11,13H,2-6,10,12H2,1H3. The zero-order valence-corrected chi connectivity index (χ0v) is 12.8. The molecule has 1 fully saturated rings. The molecule has 0 bridgehead atoms. The maximum absolute atomic E-state index is 6.23. The molecule has 0 saturated heterocycles. The van der Waals surface area contributed by atoms with Crippen LogP contribution in [0.25, 0.3) is 10.9 Å². The van der Waals surface area contributed by atoms with Crippen molar-refractivity contribution in [2.45, 2.75) is 38.5 Å². The molecular formula is C17H22ClNO. The molecule has 1 saturated carbocycles. The third-order valence-corrected chi connectivity index (χ3v) is 4.78. The van der Waals surface area contributed by atoms with Crippen molar-refractivity contribution in [3.05, 3.63) is 29.4 Å². The van der Waals surface area contributed by atoms with Gasteiger partial charge in [0.15, 0.2) is 0 Å². The summed E-state index contributed by atoms with van der Waals surface area (Å²) in [7, 11) is 2.03. The van der Waals surface area contributed by atoms with Crippen molar-refractivity contribution in [1.29, 1.82) is 0 Å².